The maximum absolute atomic E-state index is 12.1. The molecule has 0 aliphatic carbocycles. The number of hydrogen-bond acceptors (Lipinski definition) is 7. The molecule has 2 heterocycles. The number of rotatable bonds is 4. The van der Waals surface area contributed by atoms with Gasteiger partial charge in [-0.25, -0.2) is 9.97 Å². The monoisotopic (exact) mass is 330 g/mol. The molecular weight excluding hydrogens is 320 g/mol. The average molecular weight is 330 g/mol. The fourth-order valence-corrected chi connectivity index (χ4v) is 2.76. The molecule has 0 radical (unpaired) electrons. The first-order valence-corrected chi connectivity index (χ1v) is 7.25. The summed E-state index contributed by atoms with van der Waals surface area (Å²) in [5.74, 6) is 0.224. The van der Waals surface area contributed by atoms with Crippen LogP contribution in [0.4, 0.5) is 10.8 Å². The molecule has 1 amide bonds. The van der Waals surface area contributed by atoms with Crippen LogP contribution in [0.5, 0.6) is 5.75 Å². The molecule has 9 heteroatoms. The Labute approximate surface area is 133 Å². The van der Waals surface area contributed by atoms with Crippen LogP contribution in [-0.4, -0.2) is 27.9 Å². The molecule has 1 aromatic carbocycles. The lowest BCUT2D eigenvalue weighted by Crippen LogP contribution is -2.13. The van der Waals surface area contributed by atoms with Crippen molar-refractivity contribution in [2.45, 2.75) is 0 Å². The van der Waals surface area contributed by atoms with Gasteiger partial charge in [0.25, 0.3) is 11.6 Å². The number of methoxy groups -OCH3 is 1. The fourth-order valence-electron chi connectivity index (χ4n) is 1.87. The van der Waals surface area contributed by atoms with E-state index in [0.29, 0.717) is 10.9 Å². The lowest BCUT2D eigenvalue weighted by molar-refractivity contribution is -0.385. The van der Waals surface area contributed by atoms with Gasteiger partial charge in [0.15, 0.2) is 5.13 Å². The molecule has 23 heavy (non-hydrogen) atoms. The van der Waals surface area contributed by atoms with E-state index in [9.17, 15) is 14.9 Å². The summed E-state index contributed by atoms with van der Waals surface area (Å²) in [6.45, 7) is 0. The normalized spacial score (nSPS) is 10.5. The number of aromatic nitrogens is 2. The van der Waals surface area contributed by atoms with Gasteiger partial charge in [-0.3, -0.25) is 20.2 Å². The number of fused-ring (bicyclic) bond motifs is 1. The average Bonchev–Trinajstić information content (AvgIpc) is 2.95. The van der Waals surface area contributed by atoms with Crippen LogP contribution in [0.2, 0.25) is 0 Å². The minimum absolute atomic E-state index is 0.0763. The molecule has 1 N–H and O–H groups in total. The highest BCUT2D eigenvalue weighted by Crippen LogP contribution is 2.29. The summed E-state index contributed by atoms with van der Waals surface area (Å²) in [5.41, 5.74) is 0.642. The van der Waals surface area contributed by atoms with Crippen molar-refractivity contribution in [2.24, 2.45) is 0 Å². The largest absolute Gasteiger partial charge is 0.497 e. The highest BCUT2D eigenvalue weighted by Gasteiger charge is 2.13. The molecule has 0 aliphatic heterocycles. The zero-order valence-corrected chi connectivity index (χ0v) is 12.7. The summed E-state index contributed by atoms with van der Waals surface area (Å²) < 4.78 is 6.01. The second-order valence-electron chi connectivity index (χ2n) is 4.47. The summed E-state index contributed by atoms with van der Waals surface area (Å²) in [6.07, 6.45) is 1.04. The van der Waals surface area contributed by atoms with Crippen LogP contribution < -0.4 is 10.1 Å². The minimum atomic E-state index is -0.574. The Bertz CT molecular complexity index is 891. The van der Waals surface area contributed by atoms with Gasteiger partial charge in [-0.05, 0) is 24.3 Å². The Balaban J connectivity index is 1.80. The lowest BCUT2D eigenvalue weighted by Gasteiger charge is -1.99. The van der Waals surface area contributed by atoms with Gasteiger partial charge in [-0.15, -0.1) is 0 Å². The van der Waals surface area contributed by atoms with Gasteiger partial charge in [0.1, 0.15) is 17.6 Å². The van der Waals surface area contributed by atoms with Crippen LogP contribution in [0.1, 0.15) is 10.5 Å². The van der Waals surface area contributed by atoms with Crippen LogP contribution in [0.15, 0.2) is 36.5 Å². The molecule has 0 bridgehead atoms. The number of thiazole rings is 1. The molecular formula is C14H10N4O4S. The van der Waals surface area contributed by atoms with Crippen LogP contribution in [0.3, 0.4) is 0 Å². The predicted molar refractivity (Wildman–Crippen MR) is 85.0 cm³/mol. The Hall–Kier alpha value is -3.07. The van der Waals surface area contributed by atoms with Crippen molar-refractivity contribution in [3.63, 3.8) is 0 Å². The Morgan fingerprint density at radius 2 is 2.17 bits per heavy atom. The van der Waals surface area contributed by atoms with E-state index in [0.717, 1.165) is 16.4 Å². The third-order valence-electron chi connectivity index (χ3n) is 3.01. The van der Waals surface area contributed by atoms with Gasteiger partial charge in [0.2, 0.25) is 0 Å². The minimum Gasteiger partial charge on any atom is -0.497 e. The smallest absolute Gasteiger partial charge is 0.287 e. The summed E-state index contributed by atoms with van der Waals surface area (Å²) in [4.78, 5) is 30.2. The van der Waals surface area contributed by atoms with Gasteiger partial charge in [0.05, 0.1) is 22.2 Å². The third-order valence-corrected chi connectivity index (χ3v) is 3.94. The van der Waals surface area contributed by atoms with E-state index in [2.05, 4.69) is 15.3 Å². The second kappa shape index (κ2) is 5.97. The molecule has 3 rings (SSSR count). The summed E-state index contributed by atoms with van der Waals surface area (Å²) in [6, 6.07) is 7.93. The molecule has 0 spiro atoms. The number of carbonyl (C=O) groups excluding carboxylic acids is 1. The SMILES string of the molecule is COc1ccc2nc(NC(=O)c3ccc([N+](=O)[O-])cn3)sc2c1. The quantitative estimate of drug-likeness (QED) is 0.582. The van der Waals surface area contributed by atoms with Crippen LogP contribution in [-0.2, 0) is 0 Å². The van der Waals surface area contributed by atoms with E-state index in [1.807, 2.05) is 6.07 Å². The highest BCUT2D eigenvalue weighted by atomic mass is 32.1. The van der Waals surface area contributed by atoms with Gasteiger partial charge in [0, 0.05) is 6.07 Å². The molecule has 0 atom stereocenters. The fraction of sp³-hybridized carbons (Fsp3) is 0.0714. The number of carbonyl (C=O) groups is 1. The number of benzene rings is 1. The van der Waals surface area contributed by atoms with E-state index < -0.39 is 10.8 Å². The second-order valence-corrected chi connectivity index (χ2v) is 5.50. The first-order valence-electron chi connectivity index (χ1n) is 6.43. The summed E-state index contributed by atoms with van der Waals surface area (Å²) in [7, 11) is 1.57. The predicted octanol–water partition coefficient (Wildman–Crippen LogP) is 2.86. The maximum atomic E-state index is 12.1. The van der Waals surface area contributed by atoms with Crippen LogP contribution in [0, 0.1) is 10.1 Å². The van der Waals surface area contributed by atoms with Crippen molar-refractivity contribution in [3.8, 4) is 5.75 Å². The summed E-state index contributed by atoms with van der Waals surface area (Å²) >= 11 is 1.30. The Kier molecular flexibility index (Phi) is 3.85. The van der Waals surface area contributed by atoms with Crippen molar-refractivity contribution in [1.29, 1.82) is 0 Å². The standard InChI is InChI=1S/C14H10N4O4S/c1-22-9-3-5-10-12(6-9)23-14(16-10)17-13(19)11-4-2-8(7-15-11)18(20)21/h2-7H,1H3,(H,16,17,19). The molecule has 116 valence electrons. The number of amides is 1. The molecule has 3 aromatic rings. The first-order chi connectivity index (χ1) is 11.1. The van der Waals surface area contributed by atoms with E-state index in [1.165, 1.54) is 23.5 Å². The van der Waals surface area contributed by atoms with Gasteiger partial charge >= 0.3 is 0 Å². The molecule has 0 fully saturated rings. The van der Waals surface area contributed by atoms with E-state index in [-0.39, 0.29) is 11.4 Å². The Morgan fingerprint density at radius 3 is 2.83 bits per heavy atom. The number of ether oxygens (including phenoxy) is 1. The summed E-state index contributed by atoms with van der Waals surface area (Å²) in [5, 5.41) is 13.6. The molecule has 0 unspecified atom stereocenters. The zero-order chi connectivity index (χ0) is 16.4. The van der Waals surface area contributed by atoms with E-state index >= 15 is 0 Å². The van der Waals surface area contributed by atoms with Gasteiger partial charge in [-0.2, -0.15) is 0 Å². The van der Waals surface area contributed by atoms with Crippen molar-refractivity contribution in [3.05, 3.63) is 52.3 Å². The number of nitrogens with one attached hydrogen (secondary N) is 1. The van der Waals surface area contributed by atoms with Crippen molar-refractivity contribution < 1.29 is 14.5 Å². The van der Waals surface area contributed by atoms with Crippen LogP contribution >= 0.6 is 11.3 Å². The van der Waals surface area contributed by atoms with E-state index in [1.54, 1.807) is 19.2 Å². The molecule has 2 aromatic heterocycles. The topological polar surface area (TPSA) is 107 Å². The van der Waals surface area contributed by atoms with Crippen molar-refractivity contribution in [1.82, 2.24) is 9.97 Å². The number of nitrogens with zero attached hydrogens (tertiary/aromatic N) is 3. The van der Waals surface area contributed by atoms with E-state index in [4.69, 9.17) is 4.74 Å². The Morgan fingerprint density at radius 1 is 1.35 bits per heavy atom. The first kappa shape index (κ1) is 14.9. The molecule has 0 aliphatic rings. The maximum Gasteiger partial charge on any atom is 0.287 e. The number of nitro groups is 1. The molecule has 8 nitrogen and oxygen atoms in total. The van der Waals surface area contributed by atoms with Gasteiger partial charge in [-0.1, -0.05) is 11.3 Å². The van der Waals surface area contributed by atoms with Crippen LogP contribution in [0.25, 0.3) is 10.2 Å². The molecule has 0 saturated carbocycles. The highest BCUT2D eigenvalue weighted by molar-refractivity contribution is 7.22. The number of hydrogen-bond donors (Lipinski definition) is 1. The molecule has 0 saturated heterocycles. The zero-order valence-electron chi connectivity index (χ0n) is 11.8. The lowest BCUT2D eigenvalue weighted by atomic mass is 10.3. The van der Waals surface area contributed by atoms with Crippen molar-refractivity contribution >= 4 is 38.3 Å². The third kappa shape index (κ3) is 3.09. The van der Waals surface area contributed by atoms with Crippen molar-refractivity contribution in [2.75, 3.05) is 12.4 Å². The number of pyridine rings is 1. The number of anilines is 1. The van der Waals surface area contributed by atoms with Gasteiger partial charge < -0.3 is 4.74 Å².